The molecule has 26 heavy (non-hydrogen) atoms. The number of nitrogens with zero attached hydrogens (tertiary/aromatic N) is 2. The first kappa shape index (κ1) is 18.7. The van der Waals surface area contributed by atoms with Crippen LogP contribution < -0.4 is 5.32 Å². The molecule has 3 rings (SSSR count). The maximum absolute atomic E-state index is 13.2. The van der Waals surface area contributed by atoms with Crippen LogP contribution in [0.25, 0.3) is 0 Å². The molecular formula is C20H23ClFN3O. The minimum Gasteiger partial charge on any atom is -0.374 e. The number of benzene rings is 2. The number of rotatable bonds is 5. The summed E-state index contributed by atoms with van der Waals surface area (Å²) in [5.74, 6) is -0.421. The largest absolute Gasteiger partial charge is 0.374 e. The number of piperazine rings is 1. The molecule has 138 valence electrons. The van der Waals surface area contributed by atoms with Gasteiger partial charge in [0, 0.05) is 38.4 Å². The van der Waals surface area contributed by atoms with Gasteiger partial charge in [-0.3, -0.25) is 9.69 Å². The Kier molecular flexibility index (Phi) is 6.12. The molecule has 1 atom stereocenters. The number of anilines is 1. The Labute approximate surface area is 158 Å². The molecule has 0 aliphatic carbocycles. The Morgan fingerprint density at radius 1 is 1.15 bits per heavy atom. The van der Waals surface area contributed by atoms with Crippen LogP contribution in [0, 0.1) is 5.82 Å². The molecule has 0 radical (unpaired) electrons. The van der Waals surface area contributed by atoms with E-state index in [1.54, 1.807) is 6.07 Å². The molecule has 1 saturated heterocycles. The number of amides is 1. The zero-order chi connectivity index (χ0) is 18.5. The molecule has 1 heterocycles. The average Bonchev–Trinajstić information content (AvgIpc) is 2.65. The van der Waals surface area contributed by atoms with Gasteiger partial charge in [0.1, 0.15) is 11.9 Å². The van der Waals surface area contributed by atoms with Crippen LogP contribution in [-0.4, -0.2) is 47.9 Å². The van der Waals surface area contributed by atoms with Gasteiger partial charge in [0.25, 0.3) is 0 Å². The third-order valence-electron chi connectivity index (χ3n) is 4.61. The Hall–Kier alpha value is -2.11. The minimum atomic E-state index is -0.467. The van der Waals surface area contributed by atoms with Crippen molar-refractivity contribution in [2.75, 3.05) is 31.5 Å². The Morgan fingerprint density at radius 2 is 1.85 bits per heavy atom. The Balaban J connectivity index is 1.50. The van der Waals surface area contributed by atoms with E-state index < -0.39 is 11.9 Å². The predicted octanol–water partition coefficient (Wildman–Crippen LogP) is 3.62. The van der Waals surface area contributed by atoms with Crippen molar-refractivity contribution in [3.8, 4) is 0 Å². The van der Waals surface area contributed by atoms with Gasteiger partial charge in [0.2, 0.25) is 5.91 Å². The van der Waals surface area contributed by atoms with Gasteiger partial charge >= 0.3 is 0 Å². The lowest BCUT2D eigenvalue weighted by atomic mass is 10.2. The van der Waals surface area contributed by atoms with E-state index in [2.05, 4.69) is 22.3 Å². The molecular weight excluding hydrogens is 353 g/mol. The van der Waals surface area contributed by atoms with E-state index in [1.165, 1.54) is 17.7 Å². The summed E-state index contributed by atoms with van der Waals surface area (Å²) >= 11 is 5.79. The van der Waals surface area contributed by atoms with Crippen LogP contribution in [0.4, 0.5) is 10.1 Å². The van der Waals surface area contributed by atoms with E-state index in [4.69, 9.17) is 11.6 Å². The average molecular weight is 376 g/mol. The minimum absolute atomic E-state index is 0.0455. The smallest absolute Gasteiger partial charge is 0.244 e. The third kappa shape index (κ3) is 4.74. The summed E-state index contributed by atoms with van der Waals surface area (Å²) in [7, 11) is 0. The molecule has 4 nitrogen and oxygen atoms in total. The highest BCUT2D eigenvalue weighted by Crippen LogP contribution is 2.20. The fourth-order valence-electron chi connectivity index (χ4n) is 3.14. The highest BCUT2D eigenvalue weighted by molar-refractivity contribution is 6.31. The lowest BCUT2D eigenvalue weighted by Crippen LogP contribution is -2.51. The maximum Gasteiger partial charge on any atom is 0.244 e. The van der Waals surface area contributed by atoms with Crippen LogP contribution >= 0.6 is 11.6 Å². The van der Waals surface area contributed by atoms with Crippen molar-refractivity contribution in [1.29, 1.82) is 0 Å². The van der Waals surface area contributed by atoms with Crippen molar-refractivity contribution in [2.45, 2.75) is 19.5 Å². The molecule has 1 amide bonds. The van der Waals surface area contributed by atoms with Crippen molar-refractivity contribution in [1.82, 2.24) is 9.80 Å². The topological polar surface area (TPSA) is 35.6 Å². The van der Waals surface area contributed by atoms with E-state index in [-0.39, 0.29) is 10.9 Å². The molecule has 0 unspecified atom stereocenters. The van der Waals surface area contributed by atoms with E-state index >= 15 is 0 Å². The van der Waals surface area contributed by atoms with Crippen molar-refractivity contribution >= 4 is 23.2 Å². The van der Waals surface area contributed by atoms with E-state index in [9.17, 15) is 9.18 Å². The zero-order valence-corrected chi connectivity index (χ0v) is 15.5. The first-order valence-corrected chi connectivity index (χ1v) is 9.17. The van der Waals surface area contributed by atoms with Crippen molar-refractivity contribution in [3.63, 3.8) is 0 Å². The molecule has 0 spiro atoms. The van der Waals surface area contributed by atoms with Gasteiger partial charge < -0.3 is 10.2 Å². The lowest BCUT2D eigenvalue weighted by Gasteiger charge is -2.36. The maximum atomic E-state index is 13.2. The second-order valence-corrected chi connectivity index (χ2v) is 6.99. The molecule has 0 saturated carbocycles. The molecule has 6 heteroatoms. The number of carbonyl (C=O) groups excluding carboxylic acids is 1. The van der Waals surface area contributed by atoms with Crippen LogP contribution in [0.2, 0.25) is 5.02 Å². The summed E-state index contributed by atoms with van der Waals surface area (Å²) in [6.45, 7) is 5.86. The fourth-order valence-corrected chi connectivity index (χ4v) is 3.32. The summed E-state index contributed by atoms with van der Waals surface area (Å²) in [4.78, 5) is 16.9. The monoisotopic (exact) mass is 375 g/mol. The molecule has 1 aliphatic rings. The highest BCUT2D eigenvalue weighted by atomic mass is 35.5. The first-order chi connectivity index (χ1) is 12.5. The Morgan fingerprint density at radius 3 is 2.50 bits per heavy atom. The molecule has 2 aromatic rings. The highest BCUT2D eigenvalue weighted by Gasteiger charge is 2.25. The van der Waals surface area contributed by atoms with Gasteiger partial charge in [-0.25, -0.2) is 4.39 Å². The van der Waals surface area contributed by atoms with Crippen molar-refractivity contribution in [2.24, 2.45) is 0 Å². The summed E-state index contributed by atoms with van der Waals surface area (Å²) in [6.07, 6.45) is 0. The van der Waals surface area contributed by atoms with Crippen LogP contribution in [0.5, 0.6) is 0 Å². The third-order valence-corrected chi connectivity index (χ3v) is 4.90. The van der Waals surface area contributed by atoms with Gasteiger partial charge in [-0.2, -0.15) is 0 Å². The first-order valence-electron chi connectivity index (χ1n) is 8.79. The molecule has 0 aromatic heterocycles. The molecule has 1 aliphatic heterocycles. The predicted molar refractivity (Wildman–Crippen MR) is 103 cm³/mol. The van der Waals surface area contributed by atoms with Crippen LogP contribution in [0.15, 0.2) is 48.5 Å². The fraction of sp³-hybridized carbons (Fsp3) is 0.350. The number of halogens is 2. The second kappa shape index (κ2) is 8.52. The van der Waals surface area contributed by atoms with Crippen LogP contribution in [0.3, 0.4) is 0 Å². The van der Waals surface area contributed by atoms with E-state index in [0.29, 0.717) is 18.8 Å². The number of nitrogens with one attached hydrogen (secondary N) is 1. The van der Waals surface area contributed by atoms with Gasteiger partial charge in [0.05, 0.1) is 5.02 Å². The van der Waals surface area contributed by atoms with Crippen LogP contribution in [0.1, 0.15) is 12.5 Å². The summed E-state index contributed by atoms with van der Waals surface area (Å²) in [5, 5.41) is 3.15. The molecule has 0 bridgehead atoms. The lowest BCUT2D eigenvalue weighted by molar-refractivity contribution is -0.133. The van der Waals surface area contributed by atoms with Crippen molar-refractivity contribution in [3.05, 3.63) is 64.9 Å². The second-order valence-electron chi connectivity index (χ2n) is 6.58. The van der Waals surface area contributed by atoms with Gasteiger partial charge in [0.15, 0.2) is 0 Å². The zero-order valence-electron chi connectivity index (χ0n) is 14.8. The standard InChI is InChI=1S/C20H23ClFN3O/c1-15(23-17-7-8-19(22)18(21)13-17)20(26)25-11-9-24(10-12-25)14-16-5-3-2-4-6-16/h2-8,13,15,23H,9-12,14H2,1H3/t15-/m0/s1. The van der Waals surface area contributed by atoms with Crippen LogP contribution in [-0.2, 0) is 11.3 Å². The quantitative estimate of drug-likeness (QED) is 0.866. The summed E-state index contributed by atoms with van der Waals surface area (Å²) in [5.41, 5.74) is 1.93. The van der Waals surface area contributed by atoms with E-state index in [0.717, 1.165) is 19.6 Å². The normalized spacial score (nSPS) is 16.3. The SMILES string of the molecule is C[C@H](Nc1ccc(F)c(Cl)c1)C(=O)N1CCN(Cc2ccccc2)CC1. The summed E-state index contributed by atoms with van der Waals surface area (Å²) in [6, 6.07) is 14.3. The van der Waals surface area contributed by atoms with Gasteiger partial charge in [-0.15, -0.1) is 0 Å². The Bertz CT molecular complexity index is 748. The van der Waals surface area contributed by atoms with Gasteiger partial charge in [-0.1, -0.05) is 41.9 Å². The van der Waals surface area contributed by atoms with E-state index in [1.807, 2.05) is 30.0 Å². The number of hydrogen-bond donors (Lipinski definition) is 1. The van der Waals surface area contributed by atoms with Gasteiger partial charge in [-0.05, 0) is 30.7 Å². The number of hydrogen-bond acceptors (Lipinski definition) is 3. The number of carbonyl (C=O) groups is 1. The molecule has 1 N–H and O–H groups in total. The van der Waals surface area contributed by atoms with Crippen molar-refractivity contribution < 1.29 is 9.18 Å². The molecule has 1 fully saturated rings. The molecule has 2 aromatic carbocycles. The summed E-state index contributed by atoms with van der Waals surface area (Å²) < 4.78 is 13.2.